The number of halogens is 1. The molecule has 1 fully saturated rings. The molecule has 7 heteroatoms. The van der Waals surface area contributed by atoms with Crippen molar-refractivity contribution in [3.8, 4) is 0 Å². The normalized spacial score (nSPS) is 17.0. The van der Waals surface area contributed by atoms with E-state index in [0.717, 1.165) is 5.56 Å². The minimum Gasteiger partial charge on any atom is -0.454 e. The molecule has 2 N–H and O–H groups in total. The number of amides is 2. The lowest BCUT2D eigenvalue weighted by Crippen LogP contribution is -2.37. The molecule has 2 rings (SSSR count). The van der Waals surface area contributed by atoms with E-state index < -0.39 is 12.0 Å². The summed E-state index contributed by atoms with van der Waals surface area (Å²) in [6.45, 7) is 0.101. The zero-order chi connectivity index (χ0) is 15.9. The van der Waals surface area contributed by atoms with Crippen LogP contribution in [0.25, 0.3) is 0 Å². The van der Waals surface area contributed by atoms with Gasteiger partial charge in [0.1, 0.15) is 6.04 Å². The highest BCUT2D eigenvalue weighted by atomic mass is 35.5. The molecule has 0 bridgehead atoms. The maximum atomic E-state index is 11.6. The average molecular weight is 325 g/mol. The van der Waals surface area contributed by atoms with Crippen LogP contribution in [0.15, 0.2) is 24.3 Å². The molecular formula is C15H17ClN2O4. The van der Waals surface area contributed by atoms with Crippen LogP contribution in [0.3, 0.4) is 0 Å². The molecule has 1 aromatic rings. The Morgan fingerprint density at radius 2 is 2.05 bits per heavy atom. The van der Waals surface area contributed by atoms with E-state index in [2.05, 4.69) is 10.6 Å². The van der Waals surface area contributed by atoms with Crippen LogP contribution < -0.4 is 10.6 Å². The molecule has 2 amide bonds. The molecule has 1 atom stereocenters. The fraction of sp³-hybridized carbons (Fsp3) is 0.400. The number of benzene rings is 1. The van der Waals surface area contributed by atoms with Gasteiger partial charge in [-0.05, 0) is 30.5 Å². The fourth-order valence-electron chi connectivity index (χ4n) is 2.08. The SMILES string of the molecule is O=C(COC(=O)[C@@H]1CCC(=O)N1)NCCc1ccc(Cl)cc1. The Morgan fingerprint density at radius 3 is 2.68 bits per heavy atom. The maximum absolute atomic E-state index is 11.6. The van der Waals surface area contributed by atoms with Gasteiger partial charge >= 0.3 is 5.97 Å². The fourth-order valence-corrected chi connectivity index (χ4v) is 2.20. The lowest BCUT2D eigenvalue weighted by Gasteiger charge is -2.10. The molecular weight excluding hydrogens is 308 g/mol. The predicted octanol–water partition coefficient (Wildman–Crippen LogP) is 0.820. The van der Waals surface area contributed by atoms with Gasteiger partial charge in [0.15, 0.2) is 6.61 Å². The molecule has 1 aliphatic rings. The summed E-state index contributed by atoms with van der Waals surface area (Å²) in [5.74, 6) is -1.11. The smallest absolute Gasteiger partial charge is 0.329 e. The molecule has 1 aromatic carbocycles. The molecule has 0 unspecified atom stereocenters. The quantitative estimate of drug-likeness (QED) is 0.759. The highest BCUT2D eigenvalue weighted by Gasteiger charge is 2.28. The predicted molar refractivity (Wildman–Crippen MR) is 80.3 cm³/mol. The van der Waals surface area contributed by atoms with Gasteiger partial charge in [0.2, 0.25) is 5.91 Å². The Morgan fingerprint density at radius 1 is 1.32 bits per heavy atom. The van der Waals surface area contributed by atoms with E-state index >= 15 is 0 Å². The number of hydrogen-bond donors (Lipinski definition) is 2. The summed E-state index contributed by atoms with van der Waals surface area (Å²) >= 11 is 5.79. The largest absolute Gasteiger partial charge is 0.454 e. The highest BCUT2D eigenvalue weighted by Crippen LogP contribution is 2.09. The van der Waals surface area contributed by atoms with E-state index in [1.54, 1.807) is 12.1 Å². The average Bonchev–Trinajstić information content (AvgIpc) is 2.93. The molecule has 0 aromatic heterocycles. The summed E-state index contributed by atoms with van der Waals surface area (Å²) in [5.41, 5.74) is 1.05. The molecule has 1 heterocycles. The number of rotatable bonds is 6. The van der Waals surface area contributed by atoms with Crippen LogP contribution in [-0.2, 0) is 25.5 Å². The third-order valence-electron chi connectivity index (χ3n) is 3.27. The molecule has 0 aliphatic carbocycles. The third-order valence-corrected chi connectivity index (χ3v) is 3.53. The van der Waals surface area contributed by atoms with Gasteiger partial charge in [-0.3, -0.25) is 9.59 Å². The van der Waals surface area contributed by atoms with E-state index in [-0.39, 0.29) is 18.4 Å². The van der Waals surface area contributed by atoms with Crippen LogP contribution >= 0.6 is 11.6 Å². The van der Waals surface area contributed by atoms with Crippen molar-refractivity contribution < 1.29 is 19.1 Å². The van der Waals surface area contributed by atoms with Gasteiger partial charge in [-0.1, -0.05) is 23.7 Å². The Hall–Kier alpha value is -2.08. The first-order valence-corrected chi connectivity index (χ1v) is 7.39. The maximum Gasteiger partial charge on any atom is 0.329 e. The van der Waals surface area contributed by atoms with Crippen molar-refractivity contribution in [1.82, 2.24) is 10.6 Å². The summed E-state index contributed by atoms with van der Waals surface area (Å²) in [4.78, 5) is 34.2. The minimum absolute atomic E-state index is 0.172. The van der Waals surface area contributed by atoms with Crippen molar-refractivity contribution in [2.24, 2.45) is 0 Å². The van der Waals surface area contributed by atoms with Crippen molar-refractivity contribution >= 4 is 29.4 Å². The first-order valence-electron chi connectivity index (χ1n) is 7.02. The van der Waals surface area contributed by atoms with Crippen molar-refractivity contribution in [3.63, 3.8) is 0 Å². The van der Waals surface area contributed by atoms with Gasteiger partial charge in [0.05, 0.1) is 0 Å². The number of ether oxygens (including phenoxy) is 1. The van der Waals surface area contributed by atoms with Gasteiger partial charge in [-0.15, -0.1) is 0 Å². The summed E-state index contributed by atoms with van der Waals surface area (Å²) in [7, 11) is 0. The highest BCUT2D eigenvalue weighted by molar-refractivity contribution is 6.30. The van der Waals surface area contributed by atoms with Gasteiger partial charge in [-0.25, -0.2) is 4.79 Å². The van der Waals surface area contributed by atoms with E-state index in [1.807, 2.05) is 12.1 Å². The summed E-state index contributed by atoms with van der Waals surface area (Å²) in [5, 5.41) is 5.82. The number of hydrogen-bond acceptors (Lipinski definition) is 4. The number of carbonyl (C=O) groups is 3. The second kappa shape index (κ2) is 7.79. The molecule has 0 spiro atoms. The van der Waals surface area contributed by atoms with E-state index in [0.29, 0.717) is 30.8 Å². The Kier molecular flexibility index (Phi) is 5.77. The van der Waals surface area contributed by atoms with Crippen molar-refractivity contribution in [2.75, 3.05) is 13.2 Å². The molecule has 1 saturated heterocycles. The van der Waals surface area contributed by atoms with Crippen molar-refractivity contribution in [2.45, 2.75) is 25.3 Å². The third kappa shape index (κ3) is 5.04. The minimum atomic E-state index is -0.630. The number of esters is 1. The standard InChI is InChI=1S/C15H17ClN2O4/c16-11-3-1-10(2-4-11)7-8-17-14(20)9-22-15(21)12-5-6-13(19)18-12/h1-4,12H,5-9H2,(H,17,20)(H,18,19)/t12-/m0/s1. The Balaban J connectivity index is 1.62. The van der Waals surface area contributed by atoms with Crippen molar-refractivity contribution in [1.29, 1.82) is 0 Å². The van der Waals surface area contributed by atoms with Gasteiger partial charge in [0.25, 0.3) is 5.91 Å². The lowest BCUT2D eigenvalue weighted by atomic mass is 10.1. The van der Waals surface area contributed by atoms with E-state index in [9.17, 15) is 14.4 Å². The molecule has 0 radical (unpaired) electrons. The van der Waals surface area contributed by atoms with Gasteiger partial charge in [0, 0.05) is 18.0 Å². The molecule has 22 heavy (non-hydrogen) atoms. The molecule has 118 valence electrons. The van der Waals surface area contributed by atoms with Crippen LogP contribution in [0.4, 0.5) is 0 Å². The van der Waals surface area contributed by atoms with Crippen LogP contribution in [0.2, 0.25) is 5.02 Å². The van der Waals surface area contributed by atoms with Crippen LogP contribution in [0.1, 0.15) is 18.4 Å². The lowest BCUT2D eigenvalue weighted by molar-refractivity contribution is -0.150. The van der Waals surface area contributed by atoms with E-state index in [4.69, 9.17) is 16.3 Å². The zero-order valence-electron chi connectivity index (χ0n) is 11.9. The van der Waals surface area contributed by atoms with E-state index in [1.165, 1.54) is 0 Å². The first kappa shape index (κ1) is 16.3. The van der Waals surface area contributed by atoms with Gasteiger partial charge < -0.3 is 15.4 Å². The van der Waals surface area contributed by atoms with Crippen LogP contribution in [0.5, 0.6) is 0 Å². The first-order chi connectivity index (χ1) is 10.5. The van der Waals surface area contributed by atoms with Crippen LogP contribution in [0, 0.1) is 0 Å². The molecule has 6 nitrogen and oxygen atoms in total. The second-order valence-electron chi connectivity index (χ2n) is 4.99. The summed E-state index contributed by atoms with van der Waals surface area (Å²) < 4.78 is 4.87. The topological polar surface area (TPSA) is 84.5 Å². The molecule has 0 saturated carbocycles. The summed E-state index contributed by atoms with van der Waals surface area (Å²) in [6.07, 6.45) is 1.39. The monoisotopic (exact) mass is 324 g/mol. The van der Waals surface area contributed by atoms with Gasteiger partial charge in [-0.2, -0.15) is 0 Å². The Bertz CT molecular complexity index is 559. The second-order valence-corrected chi connectivity index (χ2v) is 5.43. The number of nitrogens with one attached hydrogen (secondary N) is 2. The zero-order valence-corrected chi connectivity index (χ0v) is 12.7. The molecule has 1 aliphatic heterocycles. The summed E-state index contributed by atoms with van der Waals surface area (Å²) in [6, 6.07) is 6.72. The van der Waals surface area contributed by atoms with Crippen LogP contribution in [-0.4, -0.2) is 37.0 Å². The Labute approximate surface area is 133 Å². The number of carbonyl (C=O) groups excluding carboxylic acids is 3. The van der Waals surface area contributed by atoms with Crippen molar-refractivity contribution in [3.05, 3.63) is 34.9 Å².